The number of nitrogens with one attached hydrogen (secondary N) is 1. The van der Waals surface area contributed by atoms with Crippen molar-refractivity contribution < 1.29 is 13.6 Å². The first kappa shape index (κ1) is 15.5. The normalized spacial score (nSPS) is 12.2. The van der Waals surface area contributed by atoms with Crippen molar-refractivity contribution in [1.82, 2.24) is 5.32 Å². The molecule has 0 bridgehead atoms. The molecule has 1 unspecified atom stereocenters. The van der Waals surface area contributed by atoms with Crippen molar-refractivity contribution in [3.63, 3.8) is 0 Å². The third kappa shape index (κ3) is 4.56. The number of hydrogen-bond donors (Lipinski definition) is 1. The highest BCUT2D eigenvalue weighted by molar-refractivity contribution is 7.99. The lowest BCUT2D eigenvalue weighted by atomic mass is 10.1. The van der Waals surface area contributed by atoms with Crippen LogP contribution in [-0.2, 0) is 0 Å². The first-order chi connectivity index (χ1) is 10.1. The second-order valence-electron chi connectivity index (χ2n) is 4.51. The first-order valence-electron chi connectivity index (χ1n) is 6.47. The van der Waals surface area contributed by atoms with Crippen LogP contribution in [0.5, 0.6) is 0 Å². The molecule has 0 aliphatic rings. The third-order valence-corrected chi connectivity index (χ3v) is 3.71. The van der Waals surface area contributed by atoms with E-state index in [0.29, 0.717) is 22.2 Å². The summed E-state index contributed by atoms with van der Waals surface area (Å²) in [5.41, 5.74) is 1.46. The minimum absolute atomic E-state index is 0.117. The van der Waals surface area contributed by atoms with Crippen molar-refractivity contribution in [3.05, 3.63) is 65.7 Å². The molecule has 2 aromatic rings. The van der Waals surface area contributed by atoms with Crippen LogP contribution in [0.2, 0.25) is 0 Å². The number of hydrogen-bond acceptors (Lipinski definition) is 2. The average molecular weight is 307 g/mol. The maximum Gasteiger partial charge on any atom is 0.288 e. The van der Waals surface area contributed by atoms with Gasteiger partial charge in [0.1, 0.15) is 0 Å². The SMILES string of the molecule is CC(NC(=O)c1ccc(SC(F)F)cc1)c1ccccc1. The van der Waals surface area contributed by atoms with E-state index in [1.807, 2.05) is 37.3 Å². The summed E-state index contributed by atoms with van der Waals surface area (Å²) in [5.74, 6) is -2.68. The smallest absolute Gasteiger partial charge is 0.288 e. The zero-order valence-electron chi connectivity index (χ0n) is 11.4. The second kappa shape index (κ2) is 7.22. The van der Waals surface area contributed by atoms with Gasteiger partial charge in [0.2, 0.25) is 0 Å². The van der Waals surface area contributed by atoms with Gasteiger partial charge in [-0.1, -0.05) is 42.1 Å². The minimum atomic E-state index is -2.46. The van der Waals surface area contributed by atoms with Crippen LogP contribution in [-0.4, -0.2) is 11.7 Å². The van der Waals surface area contributed by atoms with Gasteiger partial charge in [0.25, 0.3) is 11.7 Å². The summed E-state index contributed by atoms with van der Waals surface area (Å²) < 4.78 is 24.4. The fraction of sp³-hybridized carbons (Fsp3) is 0.188. The highest BCUT2D eigenvalue weighted by Gasteiger charge is 2.12. The topological polar surface area (TPSA) is 29.1 Å². The summed E-state index contributed by atoms with van der Waals surface area (Å²) >= 11 is 0.465. The van der Waals surface area contributed by atoms with E-state index in [0.717, 1.165) is 5.56 Å². The van der Waals surface area contributed by atoms with E-state index in [9.17, 15) is 13.6 Å². The van der Waals surface area contributed by atoms with E-state index in [1.54, 1.807) is 12.1 Å². The molecular weight excluding hydrogens is 292 g/mol. The Morgan fingerprint density at radius 2 is 1.67 bits per heavy atom. The lowest BCUT2D eigenvalue weighted by Crippen LogP contribution is -2.26. The number of benzene rings is 2. The van der Waals surface area contributed by atoms with Gasteiger partial charge in [-0.3, -0.25) is 4.79 Å². The van der Waals surface area contributed by atoms with Crippen LogP contribution in [0.25, 0.3) is 0 Å². The zero-order valence-corrected chi connectivity index (χ0v) is 12.2. The fourth-order valence-corrected chi connectivity index (χ4v) is 2.39. The first-order valence-corrected chi connectivity index (χ1v) is 7.35. The highest BCUT2D eigenvalue weighted by atomic mass is 32.2. The van der Waals surface area contributed by atoms with Gasteiger partial charge in [-0.15, -0.1) is 0 Å². The van der Waals surface area contributed by atoms with Crippen molar-refractivity contribution in [1.29, 1.82) is 0 Å². The van der Waals surface area contributed by atoms with Crippen molar-refractivity contribution in [2.75, 3.05) is 0 Å². The van der Waals surface area contributed by atoms with Crippen LogP contribution >= 0.6 is 11.8 Å². The van der Waals surface area contributed by atoms with E-state index < -0.39 is 5.76 Å². The Balaban J connectivity index is 2.00. The molecule has 2 nitrogen and oxygen atoms in total. The maximum atomic E-state index is 12.2. The number of alkyl halides is 2. The lowest BCUT2D eigenvalue weighted by Gasteiger charge is -2.14. The van der Waals surface area contributed by atoms with E-state index in [2.05, 4.69) is 5.32 Å². The summed E-state index contributed by atoms with van der Waals surface area (Å²) in [6, 6.07) is 15.7. The summed E-state index contributed by atoms with van der Waals surface area (Å²) in [6.45, 7) is 1.90. The molecule has 0 aliphatic heterocycles. The molecule has 110 valence electrons. The Bertz CT molecular complexity index is 587. The van der Waals surface area contributed by atoms with Crippen molar-refractivity contribution >= 4 is 17.7 Å². The van der Waals surface area contributed by atoms with Crippen molar-refractivity contribution in [2.24, 2.45) is 0 Å². The zero-order chi connectivity index (χ0) is 15.2. The van der Waals surface area contributed by atoms with Crippen LogP contribution in [0.3, 0.4) is 0 Å². The standard InChI is InChI=1S/C16H15F2NOS/c1-11(12-5-3-2-4-6-12)19-15(20)13-7-9-14(10-8-13)21-16(17)18/h2-11,16H,1H3,(H,19,20). The Hall–Kier alpha value is -1.88. The molecule has 0 saturated carbocycles. The van der Waals surface area contributed by atoms with E-state index in [1.165, 1.54) is 12.1 Å². The van der Waals surface area contributed by atoms with E-state index >= 15 is 0 Å². The molecular formula is C16H15F2NOS. The molecule has 21 heavy (non-hydrogen) atoms. The molecule has 0 fully saturated rings. The molecule has 1 atom stereocenters. The van der Waals surface area contributed by atoms with Gasteiger partial charge in [0.05, 0.1) is 6.04 Å². The van der Waals surface area contributed by atoms with Crippen LogP contribution in [0.1, 0.15) is 28.9 Å². The van der Waals surface area contributed by atoms with Crippen LogP contribution in [0.4, 0.5) is 8.78 Å². The molecule has 5 heteroatoms. The number of carbonyl (C=O) groups is 1. The molecule has 2 rings (SSSR count). The van der Waals surface area contributed by atoms with Crippen LogP contribution < -0.4 is 5.32 Å². The predicted octanol–water partition coefficient (Wildman–Crippen LogP) is 4.49. The van der Waals surface area contributed by atoms with Gasteiger partial charge >= 0.3 is 0 Å². The van der Waals surface area contributed by atoms with E-state index in [-0.39, 0.29) is 11.9 Å². The summed E-state index contributed by atoms with van der Waals surface area (Å²) in [6.07, 6.45) is 0. The predicted molar refractivity (Wildman–Crippen MR) is 80.6 cm³/mol. The molecule has 1 N–H and O–H groups in total. The summed E-state index contributed by atoms with van der Waals surface area (Å²) in [7, 11) is 0. The molecule has 0 saturated heterocycles. The fourth-order valence-electron chi connectivity index (χ4n) is 1.89. The van der Waals surface area contributed by atoms with Gasteiger partial charge in [0.15, 0.2) is 0 Å². The average Bonchev–Trinajstić information content (AvgIpc) is 2.48. The molecule has 0 spiro atoms. The van der Waals surface area contributed by atoms with Gasteiger partial charge in [-0.25, -0.2) is 0 Å². The molecule has 2 aromatic carbocycles. The number of amides is 1. The summed E-state index contributed by atoms with van der Waals surface area (Å²) in [4.78, 5) is 12.5. The van der Waals surface area contributed by atoms with Gasteiger partial charge in [0, 0.05) is 10.5 Å². The summed E-state index contributed by atoms with van der Waals surface area (Å²) in [5, 5.41) is 2.88. The van der Waals surface area contributed by atoms with E-state index in [4.69, 9.17) is 0 Å². The van der Waals surface area contributed by atoms with Gasteiger partial charge < -0.3 is 5.32 Å². The molecule has 0 aliphatic carbocycles. The molecule has 0 radical (unpaired) electrons. The van der Waals surface area contributed by atoms with Gasteiger partial charge in [-0.2, -0.15) is 8.78 Å². The molecule has 0 aromatic heterocycles. The minimum Gasteiger partial charge on any atom is -0.346 e. The monoisotopic (exact) mass is 307 g/mol. The van der Waals surface area contributed by atoms with Crippen LogP contribution in [0, 0.1) is 0 Å². The van der Waals surface area contributed by atoms with Crippen LogP contribution in [0.15, 0.2) is 59.5 Å². The van der Waals surface area contributed by atoms with Gasteiger partial charge in [-0.05, 0) is 36.8 Å². The highest BCUT2D eigenvalue weighted by Crippen LogP contribution is 2.25. The Kier molecular flexibility index (Phi) is 5.33. The number of carbonyl (C=O) groups excluding carboxylic acids is 1. The second-order valence-corrected chi connectivity index (χ2v) is 5.57. The number of rotatable bonds is 5. The lowest BCUT2D eigenvalue weighted by molar-refractivity contribution is 0.0940. The number of thioether (sulfide) groups is 1. The van der Waals surface area contributed by atoms with Crippen molar-refractivity contribution in [3.8, 4) is 0 Å². The number of halogens is 2. The maximum absolute atomic E-state index is 12.2. The quantitative estimate of drug-likeness (QED) is 0.824. The Morgan fingerprint density at radius 3 is 2.24 bits per heavy atom. The Morgan fingerprint density at radius 1 is 1.05 bits per heavy atom. The largest absolute Gasteiger partial charge is 0.346 e. The molecule has 0 heterocycles. The molecule has 1 amide bonds. The Labute approximate surface area is 126 Å². The van der Waals surface area contributed by atoms with Crippen molar-refractivity contribution in [2.45, 2.75) is 23.6 Å². The third-order valence-electron chi connectivity index (χ3n) is 2.99.